The summed E-state index contributed by atoms with van der Waals surface area (Å²) in [5.74, 6) is 0. The minimum atomic E-state index is -0.211. The van der Waals surface area contributed by atoms with Crippen LogP contribution in [0.25, 0.3) is 5.57 Å². The topological polar surface area (TPSA) is 0 Å². The molecule has 0 heterocycles. The molecule has 0 aliphatic rings. The first-order chi connectivity index (χ1) is 5.22. The molecule has 0 amide bonds. The molecule has 0 bridgehead atoms. The second kappa shape index (κ2) is 3.21. The molecule has 0 nitrogen and oxygen atoms in total. The summed E-state index contributed by atoms with van der Waals surface area (Å²) < 4.78 is 7.42. The molecule has 1 aromatic carbocycles. The largest absolute Gasteiger partial charge is 0.0952 e. The van der Waals surface area contributed by atoms with Gasteiger partial charge in [-0.15, -0.1) is 0 Å². The molecule has 0 saturated carbocycles. The first kappa shape index (κ1) is 5.72. The third-order valence-corrected chi connectivity index (χ3v) is 1.49. The van der Waals surface area contributed by atoms with Crippen molar-refractivity contribution in [1.29, 1.82) is 0 Å². The van der Waals surface area contributed by atoms with E-state index in [1.807, 2.05) is 37.3 Å². The molecule has 1 unspecified atom stereocenters. The monoisotopic (exact) mass is 133 g/mol. The third-order valence-electron chi connectivity index (χ3n) is 1.49. The zero-order chi connectivity index (χ0) is 8.27. The highest BCUT2D eigenvalue weighted by Crippen LogP contribution is 2.13. The Kier molecular flexibility index (Phi) is 1.84. The Morgan fingerprint density at radius 2 is 2.10 bits per heavy atom. The smallest absolute Gasteiger partial charge is 0.0313 e. The maximum Gasteiger partial charge on any atom is 0.0313 e. The van der Waals surface area contributed by atoms with Crippen LogP contribution in [0.1, 0.15) is 20.3 Å². The predicted molar refractivity (Wildman–Crippen MR) is 45.8 cm³/mol. The molecule has 1 aromatic rings. The van der Waals surface area contributed by atoms with E-state index in [2.05, 4.69) is 6.58 Å². The fourth-order valence-electron chi connectivity index (χ4n) is 0.819. The van der Waals surface area contributed by atoms with Crippen molar-refractivity contribution in [3.8, 4) is 0 Å². The van der Waals surface area contributed by atoms with Gasteiger partial charge < -0.3 is 0 Å². The third kappa shape index (κ3) is 1.47. The zero-order valence-electron chi connectivity index (χ0n) is 7.17. The van der Waals surface area contributed by atoms with E-state index in [1.165, 1.54) is 0 Å². The van der Waals surface area contributed by atoms with E-state index in [-0.39, 0.29) is 6.40 Å². The molecule has 0 radical (unpaired) electrons. The van der Waals surface area contributed by atoms with Crippen molar-refractivity contribution in [3.05, 3.63) is 42.5 Å². The zero-order valence-corrected chi connectivity index (χ0v) is 6.17. The highest BCUT2D eigenvalue weighted by atomic mass is 14.0. The Balaban J connectivity index is 2.86. The fraction of sp³-hybridized carbons (Fsp3) is 0.200. The van der Waals surface area contributed by atoms with Crippen molar-refractivity contribution in [2.24, 2.45) is 0 Å². The summed E-state index contributed by atoms with van der Waals surface area (Å²) in [5, 5.41) is 0. The lowest BCUT2D eigenvalue weighted by Gasteiger charge is -1.99. The Bertz CT molecular complexity index is 236. The minimum absolute atomic E-state index is 0.211. The van der Waals surface area contributed by atoms with Gasteiger partial charge in [-0.3, -0.25) is 0 Å². The van der Waals surface area contributed by atoms with Crippen LogP contribution >= 0.6 is 0 Å². The molecule has 0 heteroatoms. The summed E-state index contributed by atoms with van der Waals surface area (Å²) in [5.41, 5.74) is 1.95. The van der Waals surface area contributed by atoms with Gasteiger partial charge in [-0.25, -0.2) is 0 Å². The summed E-state index contributed by atoms with van der Waals surface area (Å²) in [6, 6.07) is 9.85. The summed E-state index contributed by atoms with van der Waals surface area (Å²) in [6.07, 6.45) is -0.211. The number of allylic oxidation sites excluding steroid dienone is 1. The normalized spacial score (nSPS) is 13.9. The van der Waals surface area contributed by atoms with Gasteiger partial charge in [0.2, 0.25) is 0 Å². The van der Waals surface area contributed by atoms with Gasteiger partial charge in [0.1, 0.15) is 0 Å². The van der Waals surface area contributed by atoms with E-state index in [9.17, 15) is 0 Å². The molecule has 1 atom stereocenters. The Labute approximate surface area is 63.6 Å². The average molecular weight is 133 g/mol. The van der Waals surface area contributed by atoms with Crippen LogP contribution in [0, 0.1) is 0 Å². The van der Waals surface area contributed by atoms with Gasteiger partial charge in [0.15, 0.2) is 0 Å². The van der Waals surface area contributed by atoms with E-state index in [4.69, 9.17) is 1.37 Å². The van der Waals surface area contributed by atoms with Gasteiger partial charge in [0.05, 0.1) is 0 Å². The highest BCUT2D eigenvalue weighted by Gasteiger charge is 1.91. The Hall–Kier alpha value is -1.04. The van der Waals surface area contributed by atoms with Crippen molar-refractivity contribution in [2.75, 3.05) is 0 Å². The molecule has 1 rings (SSSR count). The fourth-order valence-corrected chi connectivity index (χ4v) is 0.819. The van der Waals surface area contributed by atoms with Crippen LogP contribution in [0.3, 0.4) is 0 Å². The van der Waals surface area contributed by atoms with Crippen LogP contribution in [-0.4, -0.2) is 0 Å². The van der Waals surface area contributed by atoms with Gasteiger partial charge in [-0.1, -0.05) is 43.8 Å². The summed E-state index contributed by atoms with van der Waals surface area (Å²) >= 11 is 0. The van der Waals surface area contributed by atoms with Crippen molar-refractivity contribution in [3.63, 3.8) is 0 Å². The molecule has 10 heavy (non-hydrogen) atoms. The van der Waals surface area contributed by atoms with Crippen LogP contribution in [-0.2, 0) is 0 Å². The van der Waals surface area contributed by atoms with E-state index in [0.29, 0.717) is 0 Å². The first-order valence-electron chi connectivity index (χ1n) is 3.96. The van der Waals surface area contributed by atoms with Crippen molar-refractivity contribution in [1.82, 2.24) is 0 Å². The van der Waals surface area contributed by atoms with E-state index < -0.39 is 0 Å². The maximum absolute atomic E-state index is 7.42. The standard InChI is InChI=1S/C10H12/c1-3-9(2)10-7-5-4-6-8-10/h4-8H,2-3H2,1H3/i3D. The number of hydrogen-bond acceptors (Lipinski definition) is 0. The van der Waals surface area contributed by atoms with Crippen LogP contribution in [0.5, 0.6) is 0 Å². The molecule has 0 N–H and O–H groups in total. The van der Waals surface area contributed by atoms with Crippen LogP contribution in [0.15, 0.2) is 36.9 Å². The quantitative estimate of drug-likeness (QED) is 0.581. The van der Waals surface area contributed by atoms with E-state index in [0.717, 1.165) is 11.1 Å². The molecular formula is C10H12. The van der Waals surface area contributed by atoms with E-state index >= 15 is 0 Å². The molecule has 0 fully saturated rings. The van der Waals surface area contributed by atoms with Gasteiger partial charge in [-0.2, -0.15) is 0 Å². The SMILES string of the molecule is [2H]C(C)C(=C)c1ccccc1. The molecular weight excluding hydrogens is 120 g/mol. The van der Waals surface area contributed by atoms with Gasteiger partial charge >= 0.3 is 0 Å². The van der Waals surface area contributed by atoms with Crippen LogP contribution < -0.4 is 0 Å². The molecule has 0 spiro atoms. The highest BCUT2D eigenvalue weighted by molar-refractivity contribution is 5.62. The van der Waals surface area contributed by atoms with Gasteiger partial charge in [0, 0.05) is 1.37 Å². The van der Waals surface area contributed by atoms with Crippen molar-refractivity contribution in [2.45, 2.75) is 13.3 Å². The predicted octanol–water partition coefficient (Wildman–Crippen LogP) is 3.11. The number of rotatable bonds is 2. The molecule has 0 aliphatic heterocycles. The Morgan fingerprint density at radius 1 is 1.50 bits per heavy atom. The minimum Gasteiger partial charge on any atom is -0.0952 e. The molecule has 0 aromatic heterocycles. The molecule has 52 valence electrons. The summed E-state index contributed by atoms with van der Waals surface area (Å²) in [6.45, 7) is 5.67. The van der Waals surface area contributed by atoms with Crippen LogP contribution in [0.2, 0.25) is 0 Å². The lowest BCUT2D eigenvalue weighted by Crippen LogP contribution is -1.77. The van der Waals surface area contributed by atoms with Gasteiger partial charge in [0.25, 0.3) is 0 Å². The van der Waals surface area contributed by atoms with E-state index in [1.54, 1.807) is 0 Å². The number of benzene rings is 1. The molecule has 0 aliphatic carbocycles. The molecule has 0 saturated heterocycles. The van der Waals surface area contributed by atoms with Crippen molar-refractivity contribution >= 4 is 5.57 Å². The average Bonchev–Trinajstić information content (AvgIpc) is 2.05. The second-order valence-electron chi connectivity index (χ2n) is 2.18. The van der Waals surface area contributed by atoms with Gasteiger partial charge in [-0.05, 0) is 17.5 Å². The lowest BCUT2D eigenvalue weighted by atomic mass is 10.1. The lowest BCUT2D eigenvalue weighted by molar-refractivity contribution is 1.24. The summed E-state index contributed by atoms with van der Waals surface area (Å²) in [7, 11) is 0. The second-order valence-corrected chi connectivity index (χ2v) is 2.18. The van der Waals surface area contributed by atoms with Crippen LogP contribution in [0.4, 0.5) is 0 Å². The maximum atomic E-state index is 7.42. The Morgan fingerprint density at radius 3 is 2.60 bits per heavy atom. The number of hydrogen-bond donors (Lipinski definition) is 0. The van der Waals surface area contributed by atoms with Crippen molar-refractivity contribution < 1.29 is 1.37 Å². The summed E-state index contributed by atoms with van der Waals surface area (Å²) in [4.78, 5) is 0. The first-order valence-corrected chi connectivity index (χ1v) is 3.38.